The van der Waals surface area contributed by atoms with Gasteiger partial charge >= 0.3 is 0 Å². The molecule has 1 rings (SSSR count). The van der Waals surface area contributed by atoms with Gasteiger partial charge in [-0.1, -0.05) is 13.8 Å². The molecule has 0 radical (unpaired) electrons. The third kappa shape index (κ3) is 3.59. The van der Waals surface area contributed by atoms with Gasteiger partial charge in [-0.15, -0.1) is 0 Å². The quantitative estimate of drug-likeness (QED) is 0.667. The van der Waals surface area contributed by atoms with E-state index in [-0.39, 0.29) is 35.0 Å². The Bertz CT molecular complexity index is 578. The van der Waals surface area contributed by atoms with Crippen molar-refractivity contribution in [2.24, 2.45) is 18.7 Å². The van der Waals surface area contributed by atoms with E-state index in [9.17, 15) is 13.2 Å². The van der Waals surface area contributed by atoms with Crippen LogP contribution < -0.4 is 15.8 Å². The molecular weight excluding hydrogens is 280 g/mol. The number of hydrogen-bond donors (Lipinski definition) is 3. The molecule has 114 valence electrons. The molecule has 1 heterocycles. The van der Waals surface area contributed by atoms with Crippen LogP contribution >= 0.6 is 0 Å². The highest BCUT2D eigenvalue weighted by Gasteiger charge is 2.24. The second-order valence-electron chi connectivity index (χ2n) is 4.96. The molecule has 20 heavy (non-hydrogen) atoms. The summed E-state index contributed by atoms with van der Waals surface area (Å²) >= 11 is 0. The van der Waals surface area contributed by atoms with Crippen molar-refractivity contribution in [3.8, 4) is 0 Å². The van der Waals surface area contributed by atoms with Gasteiger partial charge in [0.05, 0.1) is 0 Å². The molecule has 0 aliphatic heterocycles. The molecule has 1 aromatic heterocycles. The Labute approximate surface area is 119 Å². The molecule has 1 unspecified atom stereocenters. The summed E-state index contributed by atoms with van der Waals surface area (Å²) < 4.78 is 28.6. The average molecular weight is 302 g/mol. The molecule has 4 N–H and O–H groups in total. The molecular formula is C12H22N4O3S. The van der Waals surface area contributed by atoms with Crippen LogP contribution in [0.5, 0.6) is 0 Å². The predicted molar refractivity (Wildman–Crippen MR) is 76.8 cm³/mol. The van der Waals surface area contributed by atoms with Crippen LogP contribution in [0, 0.1) is 5.92 Å². The molecule has 0 aliphatic carbocycles. The average Bonchev–Trinajstić information content (AvgIpc) is 2.77. The largest absolute Gasteiger partial charge is 0.354 e. The number of carbonyl (C=O) groups is 1. The first-order valence-corrected chi connectivity index (χ1v) is 7.82. The molecule has 0 aromatic carbocycles. The third-order valence-electron chi connectivity index (χ3n) is 3.12. The lowest BCUT2D eigenvalue weighted by Gasteiger charge is -2.19. The highest BCUT2D eigenvalue weighted by Crippen LogP contribution is 2.15. The van der Waals surface area contributed by atoms with Crippen LogP contribution in [-0.2, 0) is 17.1 Å². The maximum atomic E-state index is 12.3. The molecule has 0 aliphatic rings. The summed E-state index contributed by atoms with van der Waals surface area (Å²) in [6, 6.07) is 0.998. The second kappa shape index (κ2) is 6.38. The molecule has 1 aromatic rings. The lowest BCUT2D eigenvalue weighted by atomic mass is 10.1. The molecule has 1 amide bonds. The maximum Gasteiger partial charge on any atom is 0.267 e. The first-order valence-electron chi connectivity index (χ1n) is 6.33. The van der Waals surface area contributed by atoms with Crippen LogP contribution in [0.2, 0.25) is 0 Å². The number of aryl methyl sites for hydroxylation is 1. The van der Waals surface area contributed by atoms with Crippen molar-refractivity contribution < 1.29 is 13.2 Å². The summed E-state index contributed by atoms with van der Waals surface area (Å²) in [5.74, 6) is -0.259. The van der Waals surface area contributed by atoms with Crippen LogP contribution in [-0.4, -0.2) is 38.5 Å². The predicted octanol–water partition coefficient (Wildman–Crippen LogP) is -0.354. The number of rotatable bonds is 6. The highest BCUT2D eigenvalue weighted by molar-refractivity contribution is 7.89. The number of aromatic nitrogens is 1. The summed E-state index contributed by atoms with van der Waals surface area (Å²) in [5.41, 5.74) is 5.85. The van der Waals surface area contributed by atoms with Gasteiger partial charge in [-0.05, 0) is 12.0 Å². The molecule has 0 fully saturated rings. The SMILES string of the molecule is CNC(=O)c1cc(S(=O)(=O)NC(CN)C(C)C)cn1C. The van der Waals surface area contributed by atoms with Gasteiger partial charge in [0.2, 0.25) is 10.0 Å². The fourth-order valence-electron chi connectivity index (χ4n) is 1.76. The Balaban J connectivity index is 3.08. The zero-order valence-corrected chi connectivity index (χ0v) is 13.0. The van der Waals surface area contributed by atoms with Gasteiger partial charge in [-0.25, -0.2) is 13.1 Å². The number of nitrogens with one attached hydrogen (secondary N) is 2. The zero-order valence-electron chi connectivity index (χ0n) is 12.2. The number of sulfonamides is 1. The Kier molecular flexibility index (Phi) is 5.32. The van der Waals surface area contributed by atoms with Crippen LogP contribution in [0.3, 0.4) is 0 Å². The molecule has 0 saturated heterocycles. The number of amides is 1. The number of nitrogens with zero attached hydrogens (tertiary/aromatic N) is 1. The van der Waals surface area contributed by atoms with Crippen LogP contribution in [0.4, 0.5) is 0 Å². The van der Waals surface area contributed by atoms with E-state index in [0.29, 0.717) is 0 Å². The zero-order chi connectivity index (χ0) is 15.5. The normalized spacial score (nSPS) is 13.5. The van der Waals surface area contributed by atoms with Crippen molar-refractivity contribution >= 4 is 15.9 Å². The van der Waals surface area contributed by atoms with Crippen molar-refractivity contribution in [1.82, 2.24) is 14.6 Å². The first kappa shape index (κ1) is 16.7. The van der Waals surface area contributed by atoms with Crippen LogP contribution in [0.1, 0.15) is 24.3 Å². The minimum Gasteiger partial charge on any atom is -0.354 e. The van der Waals surface area contributed by atoms with Crippen molar-refractivity contribution in [1.29, 1.82) is 0 Å². The second-order valence-corrected chi connectivity index (χ2v) is 6.67. The summed E-state index contributed by atoms with van der Waals surface area (Å²) in [7, 11) is -0.582. The summed E-state index contributed by atoms with van der Waals surface area (Å²) in [6.45, 7) is 3.99. The molecule has 8 heteroatoms. The van der Waals surface area contributed by atoms with E-state index >= 15 is 0 Å². The molecule has 1 atom stereocenters. The van der Waals surface area contributed by atoms with Crippen molar-refractivity contribution in [3.63, 3.8) is 0 Å². The number of carbonyl (C=O) groups excluding carboxylic acids is 1. The van der Waals surface area contributed by atoms with E-state index in [1.165, 1.54) is 23.9 Å². The minimum atomic E-state index is -3.69. The fourth-order valence-corrected chi connectivity index (χ4v) is 3.23. The Morgan fingerprint density at radius 2 is 2.05 bits per heavy atom. The van der Waals surface area contributed by atoms with Gasteiger partial charge < -0.3 is 15.6 Å². The van der Waals surface area contributed by atoms with E-state index in [4.69, 9.17) is 5.73 Å². The van der Waals surface area contributed by atoms with Gasteiger partial charge in [-0.3, -0.25) is 4.79 Å². The lowest BCUT2D eigenvalue weighted by Crippen LogP contribution is -2.43. The minimum absolute atomic E-state index is 0.0534. The maximum absolute atomic E-state index is 12.3. The smallest absolute Gasteiger partial charge is 0.267 e. The highest BCUT2D eigenvalue weighted by atomic mass is 32.2. The Hall–Kier alpha value is -1.38. The monoisotopic (exact) mass is 302 g/mol. The molecule has 0 saturated carbocycles. The molecule has 0 bridgehead atoms. The summed E-state index contributed by atoms with van der Waals surface area (Å²) in [5, 5.41) is 2.46. The van der Waals surface area contributed by atoms with Crippen LogP contribution in [0.25, 0.3) is 0 Å². The van der Waals surface area contributed by atoms with Gasteiger partial charge in [0.1, 0.15) is 10.6 Å². The Morgan fingerprint density at radius 1 is 1.45 bits per heavy atom. The van der Waals surface area contributed by atoms with E-state index in [2.05, 4.69) is 10.0 Å². The molecule has 7 nitrogen and oxygen atoms in total. The number of nitrogens with two attached hydrogens (primary N) is 1. The van der Waals surface area contributed by atoms with E-state index in [1.54, 1.807) is 7.05 Å². The summed E-state index contributed by atoms with van der Waals surface area (Å²) in [4.78, 5) is 11.6. The van der Waals surface area contributed by atoms with Crippen molar-refractivity contribution in [3.05, 3.63) is 18.0 Å². The topological polar surface area (TPSA) is 106 Å². The van der Waals surface area contributed by atoms with Gasteiger partial charge in [-0.2, -0.15) is 0 Å². The van der Waals surface area contributed by atoms with E-state index in [1.807, 2.05) is 13.8 Å². The standard InChI is InChI=1S/C12H22N4O3S/c1-8(2)10(6-13)15-20(18,19)9-5-11(12(17)14-3)16(4)7-9/h5,7-8,10,15H,6,13H2,1-4H3,(H,14,17). The molecule has 0 spiro atoms. The van der Waals surface area contributed by atoms with Crippen molar-refractivity contribution in [2.45, 2.75) is 24.8 Å². The Morgan fingerprint density at radius 3 is 2.50 bits per heavy atom. The third-order valence-corrected chi connectivity index (χ3v) is 4.57. The summed E-state index contributed by atoms with van der Waals surface area (Å²) in [6.07, 6.45) is 1.40. The van der Waals surface area contributed by atoms with Gasteiger partial charge in [0.15, 0.2) is 0 Å². The van der Waals surface area contributed by atoms with E-state index in [0.717, 1.165) is 0 Å². The number of hydrogen-bond acceptors (Lipinski definition) is 4. The van der Waals surface area contributed by atoms with Gasteiger partial charge in [0, 0.05) is 32.9 Å². The fraction of sp³-hybridized carbons (Fsp3) is 0.583. The lowest BCUT2D eigenvalue weighted by molar-refractivity contribution is 0.0955. The van der Waals surface area contributed by atoms with Gasteiger partial charge in [0.25, 0.3) is 5.91 Å². The van der Waals surface area contributed by atoms with Crippen molar-refractivity contribution in [2.75, 3.05) is 13.6 Å². The van der Waals surface area contributed by atoms with E-state index < -0.39 is 10.0 Å². The van der Waals surface area contributed by atoms with Crippen LogP contribution in [0.15, 0.2) is 17.2 Å². The first-order chi connectivity index (χ1) is 9.22.